The Morgan fingerprint density at radius 3 is 2.95 bits per heavy atom. The summed E-state index contributed by atoms with van der Waals surface area (Å²) in [5.74, 6) is -0.839. The smallest absolute Gasteiger partial charge is 0.306 e. The zero-order chi connectivity index (χ0) is 13.8. The van der Waals surface area contributed by atoms with Crippen LogP contribution in [0.15, 0.2) is 30.5 Å². The van der Waals surface area contributed by atoms with Gasteiger partial charge in [0.2, 0.25) is 5.82 Å². The second-order valence-electron chi connectivity index (χ2n) is 3.92. The van der Waals surface area contributed by atoms with Crippen LogP contribution < -0.4 is 5.32 Å². The molecule has 1 aromatic heterocycles. The average Bonchev–Trinajstić information content (AvgIpc) is 2.84. The fraction of sp³-hybridized carbons (Fsp3) is 0.250. The minimum Gasteiger partial charge on any atom is -0.379 e. The summed E-state index contributed by atoms with van der Waals surface area (Å²) >= 11 is 0. The minimum atomic E-state index is -0.839. The van der Waals surface area contributed by atoms with Gasteiger partial charge < -0.3 is 5.32 Å². The maximum atomic E-state index is 13.2. The highest BCUT2D eigenvalue weighted by Gasteiger charge is 2.14. The number of anilines is 1. The van der Waals surface area contributed by atoms with E-state index in [0.29, 0.717) is 12.2 Å². The summed E-state index contributed by atoms with van der Waals surface area (Å²) in [4.78, 5) is 9.89. The van der Waals surface area contributed by atoms with Crippen LogP contribution in [0.1, 0.15) is 12.6 Å². The lowest BCUT2D eigenvalue weighted by atomic mass is 10.2. The fourth-order valence-corrected chi connectivity index (χ4v) is 1.75. The van der Waals surface area contributed by atoms with Crippen LogP contribution in [0.2, 0.25) is 0 Å². The van der Waals surface area contributed by atoms with E-state index in [1.807, 2.05) is 17.7 Å². The Kier molecular flexibility index (Phi) is 3.74. The first-order valence-corrected chi connectivity index (χ1v) is 5.80. The molecule has 0 unspecified atom stereocenters. The summed E-state index contributed by atoms with van der Waals surface area (Å²) < 4.78 is 15.0. The van der Waals surface area contributed by atoms with Crippen molar-refractivity contribution in [3.05, 3.63) is 52.1 Å². The Balaban J connectivity index is 2.12. The van der Waals surface area contributed by atoms with Crippen LogP contribution in [0.5, 0.6) is 0 Å². The lowest BCUT2D eigenvalue weighted by molar-refractivity contribution is -0.387. The van der Waals surface area contributed by atoms with Crippen LogP contribution in [0.4, 0.5) is 15.8 Å². The number of nitro groups is 1. The van der Waals surface area contributed by atoms with Crippen molar-refractivity contribution in [1.82, 2.24) is 9.78 Å². The molecule has 0 radical (unpaired) electrons. The van der Waals surface area contributed by atoms with E-state index in [4.69, 9.17) is 0 Å². The lowest BCUT2D eigenvalue weighted by Gasteiger charge is -2.08. The number of halogens is 1. The lowest BCUT2D eigenvalue weighted by Crippen LogP contribution is -2.08. The molecule has 1 aromatic carbocycles. The third-order valence-corrected chi connectivity index (χ3v) is 2.72. The molecule has 0 spiro atoms. The molecular weight excluding hydrogens is 251 g/mol. The highest BCUT2D eigenvalue weighted by molar-refractivity contribution is 5.51. The summed E-state index contributed by atoms with van der Waals surface area (Å²) in [5.41, 5.74) is 0.917. The fourth-order valence-electron chi connectivity index (χ4n) is 1.75. The van der Waals surface area contributed by atoms with Gasteiger partial charge in [-0.25, -0.2) is 0 Å². The Morgan fingerprint density at radius 1 is 1.47 bits per heavy atom. The molecule has 19 heavy (non-hydrogen) atoms. The third kappa shape index (κ3) is 2.87. The van der Waals surface area contributed by atoms with Crippen molar-refractivity contribution in [3.63, 3.8) is 0 Å². The van der Waals surface area contributed by atoms with E-state index in [-0.39, 0.29) is 0 Å². The van der Waals surface area contributed by atoms with Crippen LogP contribution in [0, 0.1) is 15.9 Å². The van der Waals surface area contributed by atoms with E-state index in [0.717, 1.165) is 18.3 Å². The molecule has 0 aliphatic carbocycles. The second kappa shape index (κ2) is 5.47. The van der Waals surface area contributed by atoms with Gasteiger partial charge in [-0.1, -0.05) is 0 Å². The van der Waals surface area contributed by atoms with E-state index in [1.54, 1.807) is 6.20 Å². The molecular formula is C12H13FN4O2. The van der Waals surface area contributed by atoms with Gasteiger partial charge in [0, 0.05) is 24.5 Å². The first-order valence-electron chi connectivity index (χ1n) is 5.80. The number of aryl methyl sites for hydroxylation is 1. The highest BCUT2D eigenvalue weighted by Crippen LogP contribution is 2.21. The first kappa shape index (κ1) is 13.0. The summed E-state index contributed by atoms with van der Waals surface area (Å²) in [5, 5.41) is 17.8. The number of nitrogens with one attached hydrogen (secondary N) is 1. The summed E-state index contributed by atoms with van der Waals surface area (Å²) in [6.07, 6.45) is 1.69. The summed E-state index contributed by atoms with van der Waals surface area (Å²) in [7, 11) is 0. The van der Waals surface area contributed by atoms with E-state index in [1.165, 1.54) is 12.1 Å². The van der Waals surface area contributed by atoms with Crippen molar-refractivity contribution in [2.24, 2.45) is 0 Å². The van der Waals surface area contributed by atoms with Crippen molar-refractivity contribution in [2.45, 2.75) is 20.0 Å². The minimum absolute atomic E-state index is 0.469. The third-order valence-electron chi connectivity index (χ3n) is 2.72. The number of hydrogen-bond acceptors (Lipinski definition) is 4. The summed E-state index contributed by atoms with van der Waals surface area (Å²) in [6, 6.07) is 5.59. The molecule has 1 heterocycles. The predicted octanol–water partition coefficient (Wildman–Crippen LogP) is 2.56. The molecule has 1 N–H and O–H groups in total. The van der Waals surface area contributed by atoms with Crippen molar-refractivity contribution in [2.75, 3.05) is 5.32 Å². The Bertz CT molecular complexity index is 597. The van der Waals surface area contributed by atoms with Gasteiger partial charge >= 0.3 is 5.69 Å². The number of hydrogen-bond donors (Lipinski definition) is 1. The highest BCUT2D eigenvalue weighted by atomic mass is 19.1. The van der Waals surface area contributed by atoms with Gasteiger partial charge in [0.15, 0.2) is 0 Å². The standard InChI is InChI=1S/C12H13FN4O2/c1-2-16-10(5-6-15-16)8-14-9-3-4-11(13)12(7-9)17(18)19/h3-7,14H,2,8H2,1H3. The quantitative estimate of drug-likeness (QED) is 0.665. The van der Waals surface area contributed by atoms with Crippen LogP contribution >= 0.6 is 0 Å². The molecule has 100 valence electrons. The van der Waals surface area contributed by atoms with Crippen molar-refractivity contribution >= 4 is 11.4 Å². The largest absolute Gasteiger partial charge is 0.379 e. The molecule has 0 fully saturated rings. The first-order chi connectivity index (χ1) is 9.11. The van der Waals surface area contributed by atoms with Crippen molar-refractivity contribution < 1.29 is 9.31 Å². The van der Waals surface area contributed by atoms with Gasteiger partial charge in [0.1, 0.15) is 0 Å². The van der Waals surface area contributed by atoms with Gasteiger partial charge in [-0.3, -0.25) is 14.8 Å². The van der Waals surface area contributed by atoms with Gasteiger partial charge in [-0.2, -0.15) is 9.49 Å². The molecule has 0 aliphatic heterocycles. The molecule has 0 bridgehead atoms. The predicted molar refractivity (Wildman–Crippen MR) is 68.3 cm³/mol. The average molecular weight is 264 g/mol. The van der Waals surface area contributed by atoms with Gasteiger partial charge in [0.25, 0.3) is 0 Å². The monoisotopic (exact) mass is 264 g/mol. The summed E-state index contributed by atoms with van der Waals surface area (Å²) in [6.45, 7) is 3.18. The molecule has 0 saturated carbocycles. The Hall–Kier alpha value is -2.44. The van der Waals surface area contributed by atoms with Crippen molar-refractivity contribution in [3.8, 4) is 0 Å². The molecule has 2 rings (SSSR count). The van der Waals surface area contributed by atoms with E-state index >= 15 is 0 Å². The molecule has 0 aliphatic rings. The molecule has 2 aromatic rings. The SMILES string of the molecule is CCn1nccc1CNc1ccc(F)c([N+](=O)[O-])c1. The number of rotatable bonds is 5. The second-order valence-corrected chi connectivity index (χ2v) is 3.92. The van der Waals surface area contributed by atoms with E-state index in [9.17, 15) is 14.5 Å². The van der Waals surface area contributed by atoms with Crippen molar-refractivity contribution in [1.29, 1.82) is 0 Å². The number of benzene rings is 1. The molecule has 6 nitrogen and oxygen atoms in total. The van der Waals surface area contributed by atoms with Gasteiger partial charge in [0.05, 0.1) is 17.2 Å². The topological polar surface area (TPSA) is 73.0 Å². The Labute approximate surface area is 109 Å². The van der Waals surface area contributed by atoms with E-state index in [2.05, 4.69) is 10.4 Å². The zero-order valence-electron chi connectivity index (χ0n) is 10.3. The molecule has 0 atom stereocenters. The van der Waals surface area contributed by atoms with Gasteiger partial charge in [-0.05, 0) is 25.1 Å². The molecule has 7 heteroatoms. The molecule has 0 amide bonds. The van der Waals surface area contributed by atoms with Gasteiger partial charge in [-0.15, -0.1) is 0 Å². The maximum Gasteiger partial charge on any atom is 0.306 e. The van der Waals surface area contributed by atoms with Crippen LogP contribution in [0.3, 0.4) is 0 Å². The number of nitro benzene ring substituents is 1. The normalized spacial score (nSPS) is 10.4. The number of aromatic nitrogens is 2. The maximum absolute atomic E-state index is 13.2. The van der Waals surface area contributed by atoms with Crippen LogP contribution in [0.25, 0.3) is 0 Å². The van der Waals surface area contributed by atoms with Crippen LogP contribution in [-0.4, -0.2) is 14.7 Å². The van der Waals surface area contributed by atoms with E-state index < -0.39 is 16.4 Å². The Morgan fingerprint density at radius 2 is 2.26 bits per heavy atom. The number of nitrogens with zero attached hydrogens (tertiary/aromatic N) is 3. The van der Waals surface area contributed by atoms with Crippen LogP contribution in [-0.2, 0) is 13.1 Å². The zero-order valence-corrected chi connectivity index (χ0v) is 10.3. The molecule has 0 saturated heterocycles.